The van der Waals surface area contributed by atoms with Crippen molar-refractivity contribution < 1.29 is 32.9 Å². The number of alkyl halides is 3. The number of carbonyl (C=O) groups is 1. The zero-order valence-corrected chi connectivity index (χ0v) is 19.7. The first kappa shape index (κ1) is 24.9. The van der Waals surface area contributed by atoms with E-state index in [1.54, 1.807) is 29.7 Å². The molecule has 0 saturated heterocycles. The minimum Gasteiger partial charge on any atom is -0.480 e. The molecule has 1 aliphatic carbocycles. The van der Waals surface area contributed by atoms with Crippen LogP contribution in [0.3, 0.4) is 0 Å². The standard InChI is InChI=1S/C25H24F3N5O4/c1-37-23-16-8-9-33(22(16)29-12-30-23)18-11-15(20(34)21(18)35)5-3-13-2-4-14-6-7-19(31-17(14)10-13)32-24(36)25(26,27)28/h2,4,6-10,12,15,18,20-21,34-35H,3,5,11H2,1H3,(H,31,32,36)/t15-,18+,20+,21-/m0/s1. The molecule has 5 rings (SSSR count). The van der Waals surface area contributed by atoms with Crippen LogP contribution in [-0.4, -0.2) is 61.1 Å². The molecule has 0 bridgehead atoms. The van der Waals surface area contributed by atoms with Crippen molar-refractivity contribution in [3.8, 4) is 5.88 Å². The van der Waals surface area contributed by atoms with Crippen LogP contribution in [0.15, 0.2) is 48.9 Å². The smallest absolute Gasteiger partial charge is 0.471 e. The van der Waals surface area contributed by atoms with Crippen molar-refractivity contribution >= 4 is 33.7 Å². The van der Waals surface area contributed by atoms with Crippen molar-refractivity contribution in [2.45, 2.75) is 43.7 Å². The minimum atomic E-state index is -5.00. The average molecular weight is 515 g/mol. The van der Waals surface area contributed by atoms with Crippen molar-refractivity contribution in [1.82, 2.24) is 19.5 Å². The van der Waals surface area contributed by atoms with Gasteiger partial charge in [-0.3, -0.25) is 4.79 Å². The Labute approximate surface area is 208 Å². The zero-order valence-electron chi connectivity index (χ0n) is 19.7. The molecule has 9 nitrogen and oxygen atoms in total. The molecule has 0 radical (unpaired) electrons. The molecule has 0 unspecified atom stereocenters. The van der Waals surface area contributed by atoms with Gasteiger partial charge in [-0.05, 0) is 55.0 Å². The Balaban J connectivity index is 1.30. The van der Waals surface area contributed by atoms with Gasteiger partial charge >= 0.3 is 12.1 Å². The van der Waals surface area contributed by atoms with Crippen molar-refractivity contribution in [2.24, 2.45) is 5.92 Å². The number of hydrogen-bond acceptors (Lipinski definition) is 7. The van der Waals surface area contributed by atoms with Crippen molar-refractivity contribution in [3.63, 3.8) is 0 Å². The first-order valence-electron chi connectivity index (χ1n) is 11.6. The highest BCUT2D eigenvalue weighted by atomic mass is 19.4. The highest BCUT2D eigenvalue weighted by Crippen LogP contribution is 2.40. The molecule has 1 aliphatic rings. The van der Waals surface area contributed by atoms with Gasteiger partial charge in [-0.15, -0.1) is 0 Å². The molecule has 1 saturated carbocycles. The lowest BCUT2D eigenvalue weighted by Gasteiger charge is -2.19. The number of fused-ring (bicyclic) bond motifs is 2. The number of amides is 1. The second kappa shape index (κ2) is 9.60. The first-order valence-corrected chi connectivity index (χ1v) is 11.6. The number of methoxy groups -OCH3 is 1. The van der Waals surface area contributed by atoms with Crippen LogP contribution in [-0.2, 0) is 11.2 Å². The van der Waals surface area contributed by atoms with Crippen LogP contribution >= 0.6 is 0 Å². The second-order valence-corrected chi connectivity index (χ2v) is 9.10. The number of ether oxygens (including phenoxy) is 1. The Morgan fingerprint density at radius 2 is 1.95 bits per heavy atom. The van der Waals surface area contributed by atoms with Gasteiger partial charge in [0.25, 0.3) is 0 Å². The van der Waals surface area contributed by atoms with Crippen LogP contribution in [0.1, 0.15) is 24.4 Å². The maximum Gasteiger partial charge on any atom is 0.471 e. The van der Waals surface area contributed by atoms with Crippen LogP contribution in [0.5, 0.6) is 5.88 Å². The number of aryl methyl sites for hydroxylation is 1. The summed E-state index contributed by atoms with van der Waals surface area (Å²) >= 11 is 0. The molecule has 1 amide bonds. The average Bonchev–Trinajstić information content (AvgIpc) is 3.42. The number of hydrogen-bond donors (Lipinski definition) is 3. The summed E-state index contributed by atoms with van der Waals surface area (Å²) in [5, 5.41) is 24.8. The fourth-order valence-corrected chi connectivity index (χ4v) is 4.97. The van der Waals surface area contributed by atoms with E-state index in [1.807, 2.05) is 16.7 Å². The molecule has 1 fully saturated rings. The van der Waals surface area contributed by atoms with Gasteiger partial charge in [-0.25, -0.2) is 15.0 Å². The van der Waals surface area contributed by atoms with Gasteiger partial charge in [-0.2, -0.15) is 13.2 Å². The number of benzene rings is 1. The van der Waals surface area contributed by atoms with E-state index in [0.717, 1.165) is 5.56 Å². The number of aliphatic hydroxyl groups is 2. The van der Waals surface area contributed by atoms with Gasteiger partial charge in [-0.1, -0.05) is 12.1 Å². The predicted octanol–water partition coefficient (Wildman–Crippen LogP) is 3.40. The molecule has 4 atom stereocenters. The fraction of sp³-hybridized carbons (Fsp3) is 0.360. The fourth-order valence-electron chi connectivity index (χ4n) is 4.97. The summed E-state index contributed by atoms with van der Waals surface area (Å²) in [4.78, 5) is 23.8. The molecule has 37 heavy (non-hydrogen) atoms. The first-order chi connectivity index (χ1) is 17.7. The van der Waals surface area contributed by atoms with Gasteiger partial charge in [0.1, 0.15) is 23.9 Å². The Hall–Kier alpha value is -3.77. The van der Waals surface area contributed by atoms with Crippen molar-refractivity contribution in [1.29, 1.82) is 0 Å². The Kier molecular flexibility index (Phi) is 6.46. The van der Waals surface area contributed by atoms with Crippen LogP contribution in [0, 0.1) is 5.92 Å². The van der Waals surface area contributed by atoms with E-state index in [0.29, 0.717) is 47.1 Å². The largest absolute Gasteiger partial charge is 0.480 e. The lowest BCUT2D eigenvalue weighted by atomic mass is 9.95. The summed E-state index contributed by atoms with van der Waals surface area (Å²) in [5.74, 6) is -2.04. The van der Waals surface area contributed by atoms with Gasteiger partial charge in [0.05, 0.1) is 30.2 Å². The molecule has 3 aromatic heterocycles. The number of aromatic nitrogens is 4. The number of rotatable bonds is 6. The maximum absolute atomic E-state index is 12.6. The number of nitrogens with zero attached hydrogens (tertiary/aromatic N) is 4. The number of halogens is 3. The highest BCUT2D eigenvalue weighted by Gasteiger charge is 2.42. The summed E-state index contributed by atoms with van der Waals surface area (Å²) in [7, 11) is 1.52. The molecule has 12 heteroatoms. The van der Waals surface area contributed by atoms with Crippen LogP contribution in [0.25, 0.3) is 21.9 Å². The lowest BCUT2D eigenvalue weighted by molar-refractivity contribution is -0.167. The zero-order chi connectivity index (χ0) is 26.3. The number of aliphatic hydroxyl groups excluding tert-OH is 2. The van der Waals surface area contributed by atoms with E-state index in [1.165, 1.54) is 19.5 Å². The quantitative estimate of drug-likeness (QED) is 0.360. The van der Waals surface area contributed by atoms with Gasteiger partial charge in [0.2, 0.25) is 5.88 Å². The van der Waals surface area contributed by atoms with Crippen LogP contribution in [0.2, 0.25) is 0 Å². The molecule has 194 valence electrons. The third-order valence-electron chi connectivity index (χ3n) is 6.85. The number of nitrogens with one attached hydrogen (secondary N) is 1. The van der Waals surface area contributed by atoms with Gasteiger partial charge in [0, 0.05) is 11.6 Å². The summed E-state index contributed by atoms with van der Waals surface area (Å²) in [6.45, 7) is 0. The predicted molar refractivity (Wildman–Crippen MR) is 128 cm³/mol. The Bertz CT molecular complexity index is 1460. The number of anilines is 1. The highest BCUT2D eigenvalue weighted by molar-refractivity contribution is 5.95. The minimum absolute atomic E-state index is 0.191. The molecule has 3 N–H and O–H groups in total. The van der Waals surface area contributed by atoms with Crippen LogP contribution < -0.4 is 10.1 Å². The summed E-state index contributed by atoms with van der Waals surface area (Å²) in [6, 6.07) is 9.76. The van der Waals surface area contributed by atoms with Crippen molar-refractivity contribution in [3.05, 3.63) is 54.5 Å². The van der Waals surface area contributed by atoms with Crippen molar-refractivity contribution in [2.75, 3.05) is 12.4 Å². The molecular weight excluding hydrogens is 491 g/mol. The third-order valence-corrected chi connectivity index (χ3v) is 6.85. The van der Waals surface area contributed by atoms with E-state index in [2.05, 4.69) is 15.0 Å². The molecular formula is C25H24F3N5O4. The normalized spacial score (nSPS) is 22.0. The second-order valence-electron chi connectivity index (χ2n) is 9.10. The van der Waals surface area contributed by atoms with E-state index in [9.17, 15) is 28.2 Å². The van der Waals surface area contributed by atoms with Gasteiger partial charge < -0.3 is 24.8 Å². The maximum atomic E-state index is 12.6. The summed E-state index contributed by atoms with van der Waals surface area (Å²) in [5.41, 5.74) is 1.92. The number of pyridine rings is 1. The Morgan fingerprint density at radius 3 is 2.70 bits per heavy atom. The SMILES string of the molecule is COc1ncnc2c1ccn2[C@@H]1C[C@H](CCc2ccc3ccc(NC(=O)C(F)(F)F)nc3c2)[C@@H](O)[C@H]1O. The Morgan fingerprint density at radius 1 is 1.16 bits per heavy atom. The van der Waals surface area contributed by atoms with E-state index in [4.69, 9.17) is 4.74 Å². The lowest BCUT2D eigenvalue weighted by Crippen LogP contribution is -2.30. The monoisotopic (exact) mass is 515 g/mol. The molecule has 0 aliphatic heterocycles. The van der Waals surface area contributed by atoms with E-state index < -0.39 is 24.3 Å². The molecule has 3 heterocycles. The van der Waals surface area contributed by atoms with Gasteiger partial charge in [0.15, 0.2) is 0 Å². The third kappa shape index (κ3) is 4.81. The molecule has 4 aromatic rings. The van der Waals surface area contributed by atoms with E-state index in [-0.39, 0.29) is 17.8 Å². The molecule has 0 spiro atoms. The molecule has 1 aromatic carbocycles. The topological polar surface area (TPSA) is 122 Å². The van der Waals surface area contributed by atoms with Crippen LogP contribution in [0.4, 0.5) is 19.0 Å². The summed E-state index contributed by atoms with van der Waals surface area (Å²) in [6.07, 6.45) is -2.08. The van der Waals surface area contributed by atoms with E-state index >= 15 is 0 Å². The number of carbonyl (C=O) groups excluding carboxylic acids is 1. The summed E-state index contributed by atoms with van der Waals surface area (Å²) < 4.78 is 44.8.